The maximum Gasteiger partial charge on any atom is 0.294 e. The van der Waals surface area contributed by atoms with Gasteiger partial charge in [-0.2, -0.15) is 8.42 Å². The highest BCUT2D eigenvalue weighted by Gasteiger charge is 2.28. The molecule has 1 unspecified atom stereocenters. The minimum atomic E-state index is -4.02. The third-order valence-corrected chi connectivity index (χ3v) is 7.23. The van der Waals surface area contributed by atoms with Crippen molar-refractivity contribution in [2.45, 2.75) is 34.8 Å². The van der Waals surface area contributed by atoms with Gasteiger partial charge in [-0.1, -0.05) is 17.7 Å². The van der Waals surface area contributed by atoms with Gasteiger partial charge in [0, 0.05) is 6.54 Å². The SMILES string of the molecule is Cc1ccc(S(=O)(=O)O)cc1.O=S(=O)(c1ccc(F)cc1)C1CCCNC1. The van der Waals surface area contributed by atoms with E-state index in [-0.39, 0.29) is 15.0 Å². The maximum atomic E-state index is 12.7. The summed E-state index contributed by atoms with van der Waals surface area (Å²) in [5.41, 5.74) is 0.956. The van der Waals surface area contributed by atoms with Crippen LogP contribution in [0, 0.1) is 12.7 Å². The Morgan fingerprint density at radius 3 is 2.00 bits per heavy atom. The molecule has 27 heavy (non-hydrogen) atoms. The van der Waals surface area contributed by atoms with Gasteiger partial charge in [0.1, 0.15) is 5.82 Å². The summed E-state index contributed by atoms with van der Waals surface area (Å²) in [5.74, 6) is -0.416. The van der Waals surface area contributed by atoms with E-state index in [9.17, 15) is 21.2 Å². The summed E-state index contributed by atoms with van der Waals surface area (Å²) in [4.78, 5) is 0.144. The zero-order valence-corrected chi connectivity index (χ0v) is 16.4. The minimum absolute atomic E-state index is 0.0666. The zero-order valence-electron chi connectivity index (χ0n) is 14.8. The molecule has 148 valence electrons. The van der Waals surface area contributed by atoms with Crippen LogP contribution in [-0.2, 0) is 20.0 Å². The second-order valence-electron chi connectivity index (χ2n) is 6.26. The molecule has 2 N–H and O–H groups in total. The van der Waals surface area contributed by atoms with Gasteiger partial charge in [0.25, 0.3) is 10.1 Å². The van der Waals surface area contributed by atoms with E-state index in [1.165, 1.54) is 36.4 Å². The van der Waals surface area contributed by atoms with E-state index >= 15 is 0 Å². The third kappa shape index (κ3) is 6.10. The van der Waals surface area contributed by atoms with Crippen LogP contribution in [0.15, 0.2) is 58.3 Å². The largest absolute Gasteiger partial charge is 0.315 e. The molecular weight excluding hydrogens is 393 g/mol. The van der Waals surface area contributed by atoms with Crippen LogP contribution in [0.5, 0.6) is 0 Å². The molecule has 1 aliphatic heterocycles. The molecule has 9 heteroatoms. The number of hydrogen-bond acceptors (Lipinski definition) is 5. The summed E-state index contributed by atoms with van der Waals surface area (Å²) in [6.45, 7) is 3.20. The van der Waals surface area contributed by atoms with Crippen molar-refractivity contribution in [3.05, 3.63) is 59.9 Å². The molecule has 0 saturated carbocycles. The molecule has 1 heterocycles. The van der Waals surface area contributed by atoms with Crippen molar-refractivity contribution in [3.63, 3.8) is 0 Å². The summed E-state index contributed by atoms with van der Waals surface area (Å²) in [6, 6.07) is 11.0. The highest BCUT2D eigenvalue weighted by Crippen LogP contribution is 2.21. The van der Waals surface area contributed by atoms with Crippen molar-refractivity contribution in [2.24, 2.45) is 0 Å². The second kappa shape index (κ2) is 8.92. The number of rotatable bonds is 3. The summed E-state index contributed by atoms with van der Waals surface area (Å²) in [6.07, 6.45) is 1.54. The quantitative estimate of drug-likeness (QED) is 0.590. The molecule has 1 aliphatic rings. The first-order valence-corrected chi connectivity index (χ1v) is 11.3. The number of hydrogen-bond donors (Lipinski definition) is 2. The Morgan fingerprint density at radius 2 is 1.52 bits per heavy atom. The van der Waals surface area contributed by atoms with Crippen LogP contribution in [-0.4, -0.2) is 39.7 Å². The van der Waals surface area contributed by atoms with E-state index in [2.05, 4.69) is 5.32 Å². The average Bonchev–Trinajstić information content (AvgIpc) is 2.63. The van der Waals surface area contributed by atoms with Gasteiger partial charge in [-0.25, -0.2) is 12.8 Å². The molecule has 0 spiro atoms. The fourth-order valence-electron chi connectivity index (χ4n) is 2.61. The van der Waals surface area contributed by atoms with Crippen LogP contribution in [0.25, 0.3) is 0 Å². The van der Waals surface area contributed by atoms with Crippen molar-refractivity contribution >= 4 is 20.0 Å². The van der Waals surface area contributed by atoms with E-state index in [0.717, 1.165) is 18.5 Å². The Morgan fingerprint density at radius 1 is 0.963 bits per heavy atom. The Balaban J connectivity index is 0.000000208. The number of piperidine rings is 1. The van der Waals surface area contributed by atoms with Crippen LogP contribution in [0.4, 0.5) is 4.39 Å². The molecular formula is C18H22FNO5S2. The normalized spacial score (nSPS) is 17.7. The first-order chi connectivity index (χ1) is 12.6. The fraction of sp³-hybridized carbons (Fsp3) is 0.333. The van der Waals surface area contributed by atoms with E-state index in [4.69, 9.17) is 4.55 Å². The van der Waals surface area contributed by atoms with Crippen LogP contribution < -0.4 is 5.32 Å². The molecule has 1 atom stereocenters. The van der Waals surface area contributed by atoms with Gasteiger partial charge in [0.2, 0.25) is 0 Å². The standard InChI is InChI=1S/C11H14FNO2S.C7H8O3S/c12-9-3-5-10(6-4-9)16(14,15)11-2-1-7-13-8-11;1-6-2-4-7(5-3-6)11(8,9)10/h3-6,11,13H,1-2,7-8H2;2-5H,1H3,(H,8,9,10). The molecule has 0 radical (unpaired) electrons. The first-order valence-electron chi connectivity index (χ1n) is 8.35. The fourth-order valence-corrected chi connectivity index (χ4v) is 4.81. The lowest BCUT2D eigenvalue weighted by molar-refractivity contribution is 0.483. The Labute approximate surface area is 159 Å². The van der Waals surface area contributed by atoms with E-state index in [0.29, 0.717) is 13.0 Å². The van der Waals surface area contributed by atoms with Crippen molar-refractivity contribution in [1.29, 1.82) is 0 Å². The van der Waals surface area contributed by atoms with Crippen molar-refractivity contribution in [2.75, 3.05) is 13.1 Å². The molecule has 1 fully saturated rings. The lowest BCUT2D eigenvalue weighted by Gasteiger charge is -2.22. The Bertz CT molecular complexity index is 950. The van der Waals surface area contributed by atoms with Gasteiger partial charge in [-0.3, -0.25) is 4.55 Å². The number of halogens is 1. The van der Waals surface area contributed by atoms with E-state index in [1.54, 1.807) is 12.1 Å². The Hall–Kier alpha value is -1.81. The van der Waals surface area contributed by atoms with E-state index < -0.39 is 25.8 Å². The predicted octanol–water partition coefficient (Wildman–Crippen LogP) is 2.59. The number of sulfone groups is 1. The summed E-state index contributed by atoms with van der Waals surface area (Å²) in [7, 11) is -7.33. The lowest BCUT2D eigenvalue weighted by Crippen LogP contribution is -2.38. The van der Waals surface area contributed by atoms with Crippen molar-refractivity contribution < 1.29 is 25.8 Å². The number of nitrogens with one attached hydrogen (secondary N) is 1. The highest BCUT2D eigenvalue weighted by atomic mass is 32.2. The van der Waals surface area contributed by atoms with Gasteiger partial charge in [-0.05, 0) is 62.7 Å². The smallest absolute Gasteiger partial charge is 0.294 e. The maximum absolute atomic E-state index is 12.7. The van der Waals surface area contributed by atoms with Crippen LogP contribution in [0.2, 0.25) is 0 Å². The van der Waals surface area contributed by atoms with Gasteiger partial charge in [-0.15, -0.1) is 0 Å². The minimum Gasteiger partial charge on any atom is -0.315 e. The summed E-state index contributed by atoms with van der Waals surface area (Å²) < 4.78 is 66.5. The monoisotopic (exact) mass is 415 g/mol. The molecule has 6 nitrogen and oxygen atoms in total. The zero-order chi connectivity index (χ0) is 20.1. The molecule has 3 rings (SSSR count). The topological polar surface area (TPSA) is 101 Å². The van der Waals surface area contributed by atoms with Crippen LogP contribution >= 0.6 is 0 Å². The lowest BCUT2D eigenvalue weighted by atomic mass is 10.2. The average molecular weight is 416 g/mol. The molecule has 0 aliphatic carbocycles. The molecule has 2 aromatic rings. The molecule has 0 aromatic heterocycles. The van der Waals surface area contributed by atoms with E-state index in [1.807, 2.05) is 6.92 Å². The van der Waals surface area contributed by atoms with Crippen LogP contribution in [0.3, 0.4) is 0 Å². The first kappa shape index (κ1) is 21.5. The third-order valence-electron chi connectivity index (χ3n) is 4.15. The summed E-state index contributed by atoms with van der Waals surface area (Å²) >= 11 is 0. The van der Waals surface area contributed by atoms with Gasteiger partial charge >= 0.3 is 0 Å². The van der Waals surface area contributed by atoms with Crippen molar-refractivity contribution in [3.8, 4) is 0 Å². The Kier molecular flexibility index (Phi) is 7.10. The second-order valence-corrected chi connectivity index (χ2v) is 9.91. The molecule has 2 aromatic carbocycles. The van der Waals surface area contributed by atoms with Crippen LogP contribution in [0.1, 0.15) is 18.4 Å². The highest BCUT2D eigenvalue weighted by molar-refractivity contribution is 7.92. The molecule has 0 amide bonds. The molecule has 1 saturated heterocycles. The van der Waals surface area contributed by atoms with Gasteiger partial charge < -0.3 is 5.32 Å². The number of aryl methyl sites for hydroxylation is 1. The van der Waals surface area contributed by atoms with Gasteiger partial charge in [0.05, 0.1) is 15.0 Å². The van der Waals surface area contributed by atoms with Gasteiger partial charge in [0.15, 0.2) is 9.84 Å². The van der Waals surface area contributed by atoms with Crippen molar-refractivity contribution in [1.82, 2.24) is 5.32 Å². The number of benzene rings is 2. The molecule has 0 bridgehead atoms. The predicted molar refractivity (Wildman–Crippen MR) is 100 cm³/mol. The summed E-state index contributed by atoms with van der Waals surface area (Å²) in [5, 5.41) is 2.69.